The average molecular weight is 400 g/mol. The standard InChI is InChI=1S/C21H28N4O4/c26-18(16-25-19(27)21(22-20(25)28)8-4-5-9-21)24-12-10-23(11-13-24)14-15-29-17-6-2-1-3-7-17/h1-3,6-7H,4-5,8-16H2,(H,22,28). The second kappa shape index (κ2) is 8.41. The minimum Gasteiger partial charge on any atom is -0.492 e. The number of rotatable bonds is 6. The summed E-state index contributed by atoms with van der Waals surface area (Å²) in [6, 6.07) is 9.28. The molecule has 2 saturated heterocycles. The molecule has 3 fully saturated rings. The SMILES string of the molecule is O=C(CN1C(=O)NC2(CCCC2)C1=O)N1CCN(CCOc2ccccc2)CC1. The first-order valence-electron chi connectivity index (χ1n) is 10.4. The monoisotopic (exact) mass is 400 g/mol. The van der Waals surface area contributed by atoms with Gasteiger partial charge in [-0.1, -0.05) is 31.0 Å². The number of para-hydroxylation sites is 1. The van der Waals surface area contributed by atoms with Crippen molar-refractivity contribution in [3.05, 3.63) is 30.3 Å². The van der Waals surface area contributed by atoms with Crippen LogP contribution in [0.2, 0.25) is 0 Å². The molecule has 0 aromatic heterocycles. The molecule has 4 rings (SSSR count). The zero-order valence-corrected chi connectivity index (χ0v) is 16.6. The van der Waals surface area contributed by atoms with Crippen molar-refractivity contribution in [2.75, 3.05) is 45.9 Å². The topological polar surface area (TPSA) is 82.2 Å². The molecule has 8 nitrogen and oxygen atoms in total. The molecule has 0 unspecified atom stereocenters. The highest BCUT2D eigenvalue weighted by molar-refractivity contribution is 6.09. The smallest absolute Gasteiger partial charge is 0.325 e. The molecule has 1 N–H and O–H groups in total. The lowest BCUT2D eigenvalue weighted by Gasteiger charge is -2.35. The van der Waals surface area contributed by atoms with E-state index in [2.05, 4.69) is 10.2 Å². The average Bonchev–Trinajstić information content (AvgIpc) is 3.30. The van der Waals surface area contributed by atoms with E-state index < -0.39 is 11.6 Å². The Morgan fingerprint density at radius 2 is 1.72 bits per heavy atom. The fraction of sp³-hybridized carbons (Fsp3) is 0.571. The number of hydrogen-bond donors (Lipinski definition) is 1. The lowest BCUT2D eigenvalue weighted by atomic mass is 9.98. The molecule has 156 valence electrons. The molecule has 2 heterocycles. The van der Waals surface area contributed by atoms with Crippen molar-refractivity contribution in [1.82, 2.24) is 20.0 Å². The van der Waals surface area contributed by atoms with Crippen molar-refractivity contribution in [2.24, 2.45) is 0 Å². The van der Waals surface area contributed by atoms with Gasteiger partial charge >= 0.3 is 6.03 Å². The van der Waals surface area contributed by atoms with Crippen LogP contribution >= 0.6 is 0 Å². The number of hydrogen-bond acceptors (Lipinski definition) is 5. The summed E-state index contributed by atoms with van der Waals surface area (Å²) in [5.74, 6) is 0.462. The lowest BCUT2D eigenvalue weighted by Crippen LogP contribution is -2.52. The van der Waals surface area contributed by atoms with Gasteiger partial charge in [0.1, 0.15) is 24.4 Å². The Morgan fingerprint density at radius 1 is 1.03 bits per heavy atom. The number of urea groups is 1. The highest BCUT2D eigenvalue weighted by atomic mass is 16.5. The third-order valence-electron chi connectivity index (χ3n) is 6.14. The predicted molar refractivity (Wildman–Crippen MR) is 106 cm³/mol. The third-order valence-corrected chi connectivity index (χ3v) is 6.14. The van der Waals surface area contributed by atoms with Gasteiger partial charge in [0.25, 0.3) is 5.91 Å². The fourth-order valence-corrected chi connectivity index (χ4v) is 4.40. The van der Waals surface area contributed by atoms with E-state index in [-0.39, 0.29) is 18.4 Å². The maximum absolute atomic E-state index is 12.7. The molecule has 0 bridgehead atoms. The van der Waals surface area contributed by atoms with E-state index in [1.807, 2.05) is 30.3 Å². The van der Waals surface area contributed by atoms with Gasteiger partial charge in [0.15, 0.2) is 0 Å². The van der Waals surface area contributed by atoms with Crippen LogP contribution in [0.4, 0.5) is 4.79 Å². The van der Waals surface area contributed by atoms with Crippen molar-refractivity contribution in [1.29, 1.82) is 0 Å². The van der Waals surface area contributed by atoms with Crippen molar-refractivity contribution in [2.45, 2.75) is 31.2 Å². The molecule has 0 radical (unpaired) electrons. The number of amides is 4. The fourth-order valence-electron chi connectivity index (χ4n) is 4.40. The van der Waals surface area contributed by atoms with Crippen LogP contribution in [0, 0.1) is 0 Å². The number of ether oxygens (including phenoxy) is 1. The first-order chi connectivity index (χ1) is 14.1. The molecule has 2 aliphatic heterocycles. The number of nitrogens with one attached hydrogen (secondary N) is 1. The zero-order valence-electron chi connectivity index (χ0n) is 16.6. The first kappa shape index (κ1) is 19.7. The summed E-state index contributed by atoms with van der Waals surface area (Å²) >= 11 is 0. The van der Waals surface area contributed by atoms with Gasteiger partial charge in [-0.3, -0.25) is 19.4 Å². The van der Waals surface area contributed by atoms with E-state index >= 15 is 0 Å². The van der Waals surface area contributed by atoms with E-state index in [0.717, 1.165) is 43.1 Å². The molecule has 29 heavy (non-hydrogen) atoms. The number of carbonyl (C=O) groups is 3. The van der Waals surface area contributed by atoms with Crippen molar-refractivity contribution in [3.63, 3.8) is 0 Å². The van der Waals surface area contributed by atoms with E-state index in [9.17, 15) is 14.4 Å². The van der Waals surface area contributed by atoms with Gasteiger partial charge in [-0.25, -0.2) is 4.79 Å². The van der Waals surface area contributed by atoms with Gasteiger partial charge in [-0.2, -0.15) is 0 Å². The second-order valence-electron chi connectivity index (χ2n) is 7.99. The lowest BCUT2D eigenvalue weighted by molar-refractivity contribution is -0.139. The maximum atomic E-state index is 12.7. The molecule has 1 aromatic rings. The molecule has 1 spiro atoms. The van der Waals surface area contributed by atoms with Crippen molar-refractivity contribution in [3.8, 4) is 5.75 Å². The molecular formula is C21H28N4O4. The van der Waals surface area contributed by atoms with Crippen LogP contribution in [0.15, 0.2) is 30.3 Å². The molecular weight excluding hydrogens is 372 g/mol. The van der Waals surface area contributed by atoms with Crippen LogP contribution in [-0.4, -0.2) is 84.0 Å². The summed E-state index contributed by atoms with van der Waals surface area (Å²) in [5.41, 5.74) is -0.755. The van der Waals surface area contributed by atoms with Gasteiger partial charge in [0, 0.05) is 32.7 Å². The third kappa shape index (κ3) is 4.22. The second-order valence-corrected chi connectivity index (χ2v) is 7.99. The molecule has 1 aromatic carbocycles. The molecule has 1 saturated carbocycles. The minimum absolute atomic E-state index is 0.163. The minimum atomic E-state index is -0.755. The highest BCUT2D eigenvalue weighted by Crippen LogP contribution is 2.34. The summed E-state index contributed by atoms with van der Waals surface area (Å²) < 4.78 is 5.73. The van der Waals surface area contributed by atoms with Crippen LogP contribution in [0.5, 0.6) is 5.75 Å². The van der Waals surface area contributed by atoms with E-state index in [4.69, 9.17) is 4.74 Å². The van der Waals surface area contributed by atoms with Crippen LogP contribution in [0.3, 0.4) is 0 Å². The number of piperazine rings is 1. The number of nitrogens with zero attached hydrogens (tertiary/aromatic N) is 3. The van der Waals surface area contributed by atoms with Gasteiger partial charge in [-0.15, -0.1) is 0 Å². The Bertz CT molecular complexity index is 755. The Kier molecular flexibility index (Phi) is 5.71. The molecule has 0 atom stereocenters. The van der Waals surface area contributed by atoms with Gasteiger partial charge in [0.05, 0.1) is 0 Å². The Balaban J connectivity index is 1.21. The van der Waals surface area contributed by atoms with E-state index in [0.29, 0.717) is 32.5 Å². The van der Waals surface area contributed by atoms with Crippen LogP contribution in [-0.2, 0) is 9.59 Å². The van der Waals surface area contributed by atoms with Crippen LogP contribution < -0.4 is 10.1 Å². The normalized spacial score (nSPS) is 21.7. The molecule has 8 heteroatoms. The number of carbonyl (C=O) groups excluding carboxylic acids is 3. The Hall–Kier alpha value is -2.61. The van der Waals surface area contributed by atoms with E-state index in [1.54, 1.807) is 4.90 Å². The van der Waals surface area contributed by atoms with E-state index in [1.165, 1.54) is 0 Å². The summed E-state index contributed by atoms with van der Waals surface area (Å²) in [7, 11) is 0. The van der Waals surface area contributed by atoms with Gasteiger partial charge < -0.3 is 15.0 Å². The Labute approximate surface area is 170 Å². The summed E-state index contributed by atoms with van der Waals surface area (Å²) in [6.45, 7) is 3.94. The maximum Gasteiger partial charge on any atom is 0.325 e. The summed E-state index contributed by atoms with van der Waals surface area (Å²) in [5, 5.41) is 2.83. The van der Waals surface area contributed by atoms with Crippen LogP contribution in [0.1, 0.15) is 25.7 Å². The zero-order chi connectivity index (χ0) is 20.3. The van der Waals surface area contributed by atoms with Gasteiger partial charge in [0.2, 0.25) is 5.91 Å². The highest BCUT2D eigenvalue weighted by Gasteiger charge is 2.52. The number of benzene rings is 1. The number of imide groups is 1. The molecule has 3 aliphatic rings. The summed E-state index contributed by atoms with van der Waals surface area (Å²) in [6.07, 6.45) is 3.21. The summed E-state index contributed by atoms with van der Waals surface area (Å²) in [4.78, 5) is 42.7. The Morgan fingerprint density at radius 3 is 2.41 bits per heavy atom. The quantitative estimate of drug-likeness (QED) is 0.723. The van der Waals surface area contributed by atoms with Crippen molar-refractivity contribution >= 4 is 17.8 Å². The van der Waals surface area contributed by atoms with Gasteiger partial charge in [-0.05, 0) is 25.0 Å². The largest absolute Gasteiger partial charge is 0.492 e. The molecule has 4 amide bonds. The first-order valence-corrected chi connectivity index (χ1v) is 10.4. The predicted octanol–water partition coefficient (Wildman–Crippen LogP) is 1.07. The molecule has 1 aliphatic carbocycles. The van der Waals surface area contributed by atoms with Crippen LogP contribution in [0.25, 0.3) is 0 Å². The van der Waals surface area contributed by atoms with Crippen molar-refractivity contribution < 1.29 is 19.1 Å².